The molecule has 0 rings (SSSR count). The van der Waals surface area contributed by atoms with E-state index in [2.05, 4.69) is 6.58 Å². The smallest absolute Gasteiger partial charge is 0.321 e. The van der Waals surface area contributed by atoms with Crippen LogP contribution in [0, 0.1) is 0 Å². The van der Waals surface area contributed by atoms with E-state index in [1.807, 2.05) is 0 Å². The molecule has 3 nitrogen and oxygen atoms in total. The summed E-state index contributed by atoms with van der Waals surface area (Å²) in [4.78, 5) is 10.2. The first-order chi connectivity index (χ1) is 5.18. The highest BCUT2D eigenvalue weighted by Crippen LogP contribution is 2.03. The molecule has 0 saturated carbocycles. The summed E-state index contributed by atoms with van der Waals surface area (Å²) in [5, 5.41) is 10.1. The van der Waals surface area contributed by atoms with Gasteiger partial charge in [-0.2, -0.15) is 0 Å². The zero-order valence-electron chi connectivity index (χ0n) is 6.06. The second-order valence-electron chi connectivity index (χ2n) is 1.84. The topological polar surface area (TPSA) is 63.3 Å². The van der Waals surface area contributed by atoms with Gasteiger partial charge in [-0.15, -0.1) is 11.8 Å². The predicted molar refractivity (Wildman–Crippen MR) is 47.4 cm³/mol. The van der Waals surface area contributed by atoms with Crippen molar-refractivity contribution in [2.24, 2.45) is 5.73 Å². The van der Waals surface area contributed by atoms with Crippen LogP contribution in [0.15, 0.2) is 24.1 Å². The van der Waals surface area contributed by atoms with Crippen LogP contribution in [0.25, 0.3) is 0 Å². The Morgan fingerprint density at radius 3 is 2.91 bits per heavy atom. The monoisotopic (exact) mass is 173 g/mol. The van der Waals surface area contributed by atoms with E-state index in [4.69, 9.17) is 10.8 Å². The summed E-state index contributed by atoms with van der Waals surface area (Å²) in [5.74, 6) is -0.579. The third-order valence-electron chi connectivity index (χ3n) is 0.904. The van der Waals surface area contributed by atoms with Crippen molar-refractivity contribution in [1.29, 1.82) is 0 Å². The molecular weight excluding hydrogens is 162 g/mol. The molecule has 0 aromatic heterocycles. The molecule has 0 aliphatic heterocycles. The van der Waals surface area contributed by atoms with Gasteiger partial charge in [0, 0.05) is 5.75 Å². The molecule has 0 saturated heterocycles. The van der Waals surface area contributed by atoms with Crippen LogP contribution in [0.4, 0.5) is 0 Å². The van der Waals surface area contributed by atoms with Gasteiger partial charge in [-0.05, 0) is 5.41 Å². The van der Waals surface area contributed by atoms with Crippen LogP contribution in [-0.4, -0.2) is 22.9 Å². The van der Waals surface area contributed by atoms with E-state index < -0.39 is 12.0 Å². The van der Waals surface area contributed by atoms with E-state index in [9.17, 15) is 4.79 Å². The van der Waals surface area contributed by atoms with Crippen LogP contribution in [0.2, 0.25) is 0 Å². The molecule has 1 unspecified atom stereocenters. The van der Waals surface area contributed by atoms with Crippen molar-refractivity contribution < 1.29 is 9.90 Å². The molecule has 0 aliphatic rings. The number of nitrogens with two attached hydrogens (primary N) is 1. The predicted octanol–water partition coefficient (Wildman–Crippen LogP) is 0.831. The lowest BCUT2D eigenvalue weighted by atomic mass is 10.4. The van der Waals surface area contributed by atoms with E-state index in [0.717, 1.165) is 0 Å². The molecule has 0 amide bonds. The molecule has 0 heterocycles. The van der Waals surface area contributed by atoms with Gasteiger partial charge in [0.2, 0.25) is 0 Å². The summed E-state index contributed by atoms with van der Waals surface area (Å²) >= 11 is 1.36. The van der Waals surface area contributed by atoms with Crippen molar-refractivity contribution in [3.05, 3.63) is 24.1 Å². The van der Waals surface area contributed by atoms with Crippen LogP contribution in [-0.2, 0) is 4.79 Å². The second-order valence-corrected chi connectivity index (χ2v) is 2.78. The summed E-state index contributed by atoms with van der Waals surface area (Å²) in [6.45, 7) is 3.46. The maximum absolute atomic E-state index is 10.2. The minimum absolute atomic E-state index is 0.389. The number of allylic oxidation sites excluding steroid dienone is 2. The largest absolute Gasteiger partial charge is 0.480 e. The fourth-order valence-corrected chi connectivity index (χ4v) is 1.02. The molecule has 0 aromatic rings. The number of carboxylic acids is 1. The minimum Gasteiger partial charge on any atom is -0.480 e. The zero-order valence-corrected chi connectivity index (χ0v) is 6.88. The lowest BCUT2D eigenvalue weighted by Crippen LogP contribution is -2.32. The Hall–Kier alpha value is -0.740. The van der Waals surface area contributed by atoms with Gasteiger partial charge in [0.25, 0.3) is 0 Å². The summed E-state index contributed by atoms with van der Waals surface area (Å²) in [6.07, 6.45) is 3.36. The average molecular weight is 173 g/mol. The maximum Gasteiger partial charge on any atom is 0.321 e. The third kappa shape index (κ3) is 5.69. The summed E-state index contributed by atoms with van der Waals surface area (Å²) in [6, 6.07) is -0.783. The summed E-state index contributed by atoms with van der Waals surface area (Å²) in [7, 11) is 0. The lowest BCUT2D eigenvalue weighted by Gasteiger charge is -2.01. The quantitative estimate of drug-likeness (QED) is 0.604. The Bertz CT molecular complexity index is 168. The van der Waals surface area contributed by atoms with Crippen LogP contribution in [0.5, 0.6) is 0 Å². The Labute approximate surface area is 70.0 Å². The first-order valence-corrected chi connectivity index (χ1v) is 4.11. The van der Waals surface area contributed by atoms with Gasteiger partial charge in [0.1, 0.15) is 6.04 Å². The Morgan fingerprint density at radius 1 is 1.82 bits per heavy atom. The molecule has 62 valence electrons. The van der Waals surface area contributed by atoms with E-state index in [-0.39, 0.29) is 0 Å². The highest BCUT2D eigenvalue weighted by molar-refractivity contribution is 8.02. The third-order valence-corrected chi connectivity index (χ3v) is 1.81. The zero-order chi connectivity index (χ0) is 8.69. The van der Waals surface area contributed by atoms with Gasteiger partial charge in [0.15, 0.2) is 0 Å². The molecule has 11 heavy (non-hydrogen) atoms. The second kappa shape index (κ2) is 6.00. The van der Waals surface area contributed by atoms with Crippen molar-refractivity contribution >= 4 is 17.7 Å². The van der Waals surface area contributed by atoms with Crippen LogP contribution in [0.3, 0.4) is 0 Å². The molecule has 4 heteroatoms. The van der Waals surface area contributed by atoms with Crippen molar-refractivity contribution in [2.75, 3.05) is 5.75 Å². The maximum atomic E-state index is 10.2. The normalized spacial score (nSPS) is 13.2. The van der Waals surface area contributed by atoms with Crippen molar-refractivity contribution in [3.8, 4) is 0 Å². The Balaban J connectivity index is 3.46. The fourth-order valence-electron chi connectivity index (χ4n) is 0.342. The van der Waals surface area contributed by atoms with Crippen LogP contribution < -0.4 is 5.73 Å². The van der Waals surface area contributed by atoms with Gasteiger partial charge in [-0.25, -0.2) is 0 Å². The number of aliphatic carboxylic acids is 1. The molecule has 0 bridgehead atoms. The van der Waals surface area contributed by atoms with Gasteiger partial charge in [0.05, 0.1) is 0 Å². The van der Waals surface area contributed by atoms with Gasteiger partial charge < -0.3 is 10.8 Å². The molecule has 3 N–H and O–H groups in total. The highest BCUT2D eigenvalue weighted by Gasteiger charge is 2.09. The van der Waals surface area contributed by atoms with E-state index in [1.165, 1.54) is 11.8 Å². The summed E-state index contributed by atoms with van der Waals surface area (Å²) in [5.41, 5.74) is 5.22. The van der Waals surface area contributed by atoms with Crippen LogP contribution in [0.1, 0.15) is 0 Å². The van der Waals surface area contributed by atoms with Crippen molar-refractivity contribution in [1.82, 2.24) is 0 Å². The molecule has 1 atom stereocenters. The summed E-state index contributed by atoms with van der Waals surface area (Å²) < 4.78 is 0. The lowest BCUT2D eigenvalue weighted by molar-refractivity contribution is -0.137. The van der Waals surface area contributed by atoms with E-state index in [0.29, 0.717) is 5.75 Å². The standard InChI is InChI=1S/C7H11NO2S/c1-2-3-4-11-5-6(8)7(9)10/h2-4,6H,1,5,8H2,(H,9,10)/b4-3-. The first-order valence-electron chi connectivity index (χ1n) is 3.06. The number of carbonyl (C=O) groups is 1. The molecule has 0 aliphatic carbocycles. The molecule has 0 fully saturated rings. The number of thioether (sulfide) groups is 1. The van der Waals surface area contributed by atoms with Crippen molar-refractivity contribution in [2.45, 2.75) is 6.04 Å². The van der Waals surface area contributed by atoms with E-state index in [1.54, 1.807) is 17.6 Å². The number of rotatable bonds is 5. The Kier molecular flexibility index (Phi) is 5.60. The van der Waals surface area contributed by atoms with Gasteiger partial charge >= 0.3 is 5.97 Å². The highest BCUT2D eigenvalue weighted by atomic mass is 32.2. The van der Waals surface area contributed by atoms with E-state index >= 15 is 0 Å². The van der Waals surface area contributed by atoms with Gasteiger partial charge in [-0.3, -0.25) is 4.79 Å². The average Bonchev–Trinajstić information content (AvgIpc) is 1.97. The molecule has 0 aromatic carbocycles. The fraction of sp³-hybridized carbons (Fsp3) is 0.286. The van der Waals surface area contributed by atoms with Gasteiger partial charge in [-0.1, -0.05) is 18.7 Å². The molecule has 0 radical (unpaired) electrons. The Morgan fingerprint density at radius 2 is 2.45 bits per heavy atom. The number of hydrogen-bond acceptors (Lipinski definition) is 3. The van der Waals surface area contributed by atoms with Crippen molar-refractivity contribution in [3.63, 3.8) is 0 Å². The minimum atomic E-state index is -0.968. The molecule has 0 spiro atoms. The number of hydrogen-bond donors (Lipinski definition) is 2. The van der Waals surface area contributed by atoms with Crippen LogP contribution >= 0.6 is 11.8 Å². The first kappa shape index (κ1) is 10.3. The number of carboxylic acid groups (broad SMARTS) is 1. The SMILES string of the molecule is C=C/C=C\SCC(N)C(=O)O. The molecular formula is C7H11NO2S.